The number of aryl methyl sites for hydroxylation is 2. The summed E-state index contributed by atoms with van der Waals surface area (Å²) in [5, 5.41) is 8.29. The number of hydrogen-bond donors (Lipinski definition) is 0. The van der Waals surface area contributed by atoms with Crippen LogP contribution in [0.2, 0.25) is 0 Å². The van der Waals surface area contributed by atoms with Gasteiger partial charge in [-0.25, -0.2) is 0 Å². The van der Waals surface area contributed by atoms with E-state index >= 15 is 0 Å². The number of unbranched alkanes of at least 4 members (excludes halogenated alkanes) is 1. The highest BCUT2D eigenvalue weighted by atomic mass is 15.3. The Morgan fingerprint density at radius 1 is 0.786 bits per heavy atom. The van der Waals surface area contributed by atoms with Gasteiger partial charge in [0.25, 0.3) is 0 Å². The predicted molar refractivity (Wildman–Crippen MR) is 53.7 cm³/mol. The number of nitrogens with zero attached hydrogens (tertiary/aromatic N) is 4. The maximum absolute atomic E-state index is 4.15. The van der Waals surface area contributed by atoms with Crippen LogP contribution in [0.25, 0.3) is 0 Å². The van der Waals surface area contributed by atoms with Gasteiger partial charge in [-0.05, 0) is 25.0 Å². The third-order valence-electron chi connectivity index (χ3n) is 2.14. The van der Waals surface area contributed by atoms with Crippen molar-refractivity contribution >= 4 is 0 Å². The highest BCUT2D eigenvalue weighted by Gasteiger charge is 1.92. The first kappa shape index (κ1) is 8.99. The van der Waals surface area contributed by atoms with Gasteiger partial charge < -0.3 is 0 Å². The summed E-state index contributed by atoms with van der Waals surface area (Å²) < 4.78 is 3.92. The van der Waals surface area contributed by atoms with Crippen LogP contribution in [0.4, 0.5) is 0 Å². The molecule has 0 unspecified atom stereocenters. The van der Waals surface area contributed by atoms with Crippen LogP contribution in [0.3, 0.4) is 0 Å². The third-order valence-corrected chi connectivity index (χ3v) is 2.14. The van der Waals surface area contributed by atoms with E-state index in [-0.39, 0.29) is 0 Å². The Kier molecular flexibility index (Phi) is 2.95. The fourth-order valence-corrected chi connectivity index (χ4v) is 1.41. The van der Waals surface area contributed by atoms with Crippen molar-refractivity contribution in [2.45, 2.75) is 25.9 Å². The molecule has 0 bridgehead atoms. The lowest BCUT2D eigenvalue weighted by molar-refractivity contribution is 0.501. The van der Waals surface area contributed by atoms with Crippen LogP contribution in [0.1, 0.15) is 12.8 Å². The van der Waals surface area contributed by atoms with Crippen LogP contribution in [-0.4, -0.2) is 19.6 Å². The standard InChI is InChI=1S/C10H14N4/c1(7-13-9-3-5-11-13)2-8-14-10-4-6-12-14/h3-6,9-10H,1-2,7-8H2. The Labute approximate surface area is 83.2 Å². The van der Waals surface area contributed by atoms with Crippen LogP contribution in [0.5, 0.6) is 0 Å². The van der Waals surface area contributed by atoms with E-state index < -0.39 is 0 Å². The molecule has 0 amide bonds. The first-order chi connectivity index (χ1) is 6.95. The quantitative estimate of drug-likeness (QED) is 0.671. The second kappa shape index (κ2) is 4.60. The van der Waals surface area contributed by atoms with Crippen molar-refractivity contribution in [1.82, 2.24) is 19.6 Å². The maximum atomic E-state index is 4.15. The van der Waals surface area contributed by atoms with Gasteiger partial charge in [0, 0.05) is 37.9 Å². The molecule has 4 nitrogen and oxygen atoms in total. The summed E-state index contributed by atoms with van der Waals surface area (Å²) in [6.07, 6.45) is 9.89. The molecule has 74 valence electrons. The van der Waals surface area contributed by atoms with Gasteiger partial charge in [0.15, 0.2) is 0 Å². The Balaban J connectivity index is 1.65. The van der Waals surface area contributed by atoms with Gasteiger partial charge in [0.1, 0.15) is 0 Å². The van der Waals surface area contributed by atoms with Crippen LogP contribution in [0.15, 0.2) is 36.9 Å². The van der Waals surface area contributed by atoms with Gasteiger partial charge in [0.2, 0.25) is 0 Å². The molecule has 0 aliphatic carbocycles. The summed E-state index contributed by atoms with van der Waals surface area (Å²) in [6.45, 7) is 1.99. The topological polar surface area (TPSA) is 35.6 Å². The predicted octanol–water partition coefficient (Wildman–Crippen LogP) is 1.56. The highest BCUT2D eigenvalue weighted by Crippen LogP contribution is 1.97. The molecular weight excluding hydrogens is 176 g/mol. The zero-order valence-electron chi connectivity index (χ0n) is 8.08. The molecule has 0 saturated heterocycles. The van der Waals surface area contributed by atoms with E-state index in [1.165, 1.54) is 0 Å². The lowest BCUT2D eigenvalue weighted by atomic mass is 10.3. The summed E-state index contributed by atoms with van der Waals surface area (Å²) in [7, 11) is 0. The van der Waals surface area contributed by atoms with Crippen molar-refractivity contribution in [3.63, 3.8) is 0 Å². The van der Waals surface area contributed by atoms with Gasteiger partial charge in [-0.2, -0.15) is 10.2 Å². The zero-order chi connectivity index (χ0) is 9.64. The third kappa shape index (κ3) is 2.45. The number of hydrogen-bond acceptors (Lipinski definition) is 2. The second-order valence-corrected chi connectivity index (χ2v) is 3.25. The van der Waals surface area contributed by atoms with E-state index in [0.717, 1.165) is 25.9 Å². The molecule has 2 aromatic heterocycles. The molecule has 0 fully saturated rings. The summed E-state index contributed by atoms with van der Waals surface area (Å²) in [6, 6.07) is 3.90. The Morgan fingerprint density at radius 2 is 1.29 bits per heavy atom. The largest absolute Gasteiger partial charge is 0.273 e. The maximum Gasteiger partial charge on any atom is 0.0489 e. The van der Waals surface area contributed by atoms with Gasteiger partial charge >= 0.3 is 0 Å². The summed E-state index contributed by atoms with van der Waals surface area (Å²) in [5.41, 5.74) is 0. The Hall–Kier alpha value is -1.58. The van der Waals surface area contributed by atoms with Crippen molar-refractivity contribution < 1.29 is 0 Å². The van der Waals surface area contributed by atoms with Gasteiger partial charge in [-0.15, -0.1) is 0 Å². The molecule has 14 heavy (non-hydrogen) atoms. The van der Waals surface area contributed by atoms with E-state index in [4.69, 9.17) is 0 Å². The van der Waals surface area contributed by atoms with Crippen molar-refractivity contribution in [2.24, 2.45) is 0 Å². The van der Waals surface area contributed by atoms with E-state index in [0.29, 0.717) is 0 Å². The minimum atomic E-state index is 0.994. The fraction of sp³-hybridized carbons (Fsp3) is 0.400. The molecule has 2 rings (SSSR count). The molecule has 0 aliphatic rings. The van der Waals surface area contributed by atoms with Crippen molar-refractivity contribution in [2.75, 3.05) is 0 Å². The van der Waals surface area contributed by atoms with Crippen LogP contribution >= 0.6 is 0 Å². The molecule has 2 aromatic rings. The molecule has 4 heteroatoms. The monoisotopic (exact) mass is 190 g/mol. The van der Waals surface area contributed by atoms with Gasteiger partial charge in [-0.1, -0.05) is 0 Å². The van der Waals surface area contributed by atoms with E-state index in [2.05, 4.69) is 10.2 Å². The molecule has 0 N–H and O–H groups in total. The molecule has 2 heterocycles. The van der Waals surface area contributed by atoms with Gasteiger partial charge in [-0.3, -0.25) is 9.36 Å². The smallest absolute Gasteiger partial charge is 0.0489 e. The molecule has 0 aromatic carbocycles. The minimum absolute atomic E-state index is 0.994. The molecule has 0 radical (unpaired) electrons. The Bertz CT molecular complexity index is 300. The number of rotatable bonds is 5. The summed E-state index contributed by atoms with van der Waals surface area (Å²) in [4.78, 5) is 0. The molecule has 0 aliphatic heterocycles. The molecular formula is C10H14N4. The van der Waals surface area contributed by atoms with Crippen LogP contribution in [-0.2, 0) is 13.1 Å². The van der Waals surface area contributed by atoms with Crippen molar-refractivity contribution in [1.29, 1.82) is 0 Å². The molecule has 0 atom stereocenters. The van der Waals surface area contributed by atoms with Crippen molar-refractivity contribution in [3.05, 3.63) is 36.9 Å². The van der Waals surface area contributed by atoms with E-state index in [9.17, 15) is 0 Å². The number of aromatic nitrogens is 4. The zero-order valence-corrected chi connectivity index (χ0v) is 8.08. The fourth-order valence-electron chi connectivity index (χ4n) is 1.41. The first-order valence-electron chi connectivity index (χ1n) is 4.90. The highest BCUT2D eigenvalue weighted by molar-refractivity contribution is 4.78. The first-order valence-corrected chi connectivity index (χ1v) is 4.90. The van der Waals surface area contributed by atoms with E-state index in [1.54, 1.807) is 0 Å². The summed E-state index contributed by atoms with van der Waals surface area (Å²) in [5.74, 6) is 0. The van der Waals surface area contributed by atoms with Crippen LogP contribution in [0, 0.1) is 0 Å². The summed E-state index contributed by atoms with van der Waals surface area (Å²) >= 11 is 0. The lowest BCUT2D eigenvalue weighted by Gasteiger charge is -2.02. The normalized spacial score (nSPS) is 10.6. The van der Waals surface area contributed by atoms with Crippen molar-refractivity contribution in [3.8, 4) is 0 Å². The Morgan fingerprint density at radius 3 is 1.64 bits per heavy atom. The van der Waals surface area contributed by atoms with Crippen LogP contribution < -0.4 is 0 Å². The minimum Gasteiger partial charge on any atom is -0.273 e. The van der Waals surface area contributed by atoms with Gasteiger partial charge in [0.05, 0.1) is 0 Å². The second-order valence-electron chi connectivity index (χ2n) is 3.25. The average Bonchev–Trinajstić information content (AvgIpc) is 2.86. The SMILES string of the molecule is c1cnn(CCCCn2cccn2)c1. The lowest BCUT2D eigenvalue weighted by Crippen LogP contribution is -2.02. The molecule has 0 saturated carbocycles. The average molecular weight is 190 g/mol. The molecule has 0 spiro atoms. The van der Waals surface area contributed by atoms with E-state index in [1.807, 2.05) is 46.3 Å².